The molecule has 23 heavy (non-hydrogen) atoms. The van der Waals surface area contributed by atoms with Gasteiger partial charge < -0.3 is 10.4 Å². The van der Waals surface area contributed by atoms with Gasteiger partial charge in [-0.2, -0.15) is 5.10 Å². The fourth-order valence-corrected chi connectivity index (χ4v) is 3.03. The molecule has 2 atom stereocenters. The molecule has 7 heteroatoms. The van der Waals surface area contributed by atoms with Crippen molar-refractivity contribution in [1.29, 1.82) is 0 Å². The van der Waals surface area contributed by atoms with Crippen LogP contribution in [0, 0.1) is 5.92 Å². The molecule has 1 aliphatic carbocycles. The number of amides is 1. The van der Waals surface area contributed by atoms with Crippen LogP contribution in [0.3, 0.4) is 0 Å². The van der Waals surface area contributed by atoms with E-state index in [2.05, 4.69) is 20.4 Å². The Morgan fingerprint density at radius 3 is 2.87 bits per heavy atom. The average Bonchev–Trinajstić information content (AvgIpc) is 3.03. The van der Waals surface area contributed by atoms with Crippen LogP contribution in [0.1, 0.15) is 42.5 Å². The van der Waals surface area contributed by atoms with Crippen LogP contribution in [-0.4, -0.2) is 43.4 Å². The standard InChI is InChI=1S/C16H21N5O2/c22-9-13-4-2-1-3-5-14(13)20-16(23)12-6-7-15(18-8-12)21-11-17-10-19-21/h6-8,10-11,13-14,22H,1-5,9H2,(H,20,23). The molecule has 0 radical (unpaired) electrons. The van der Waals surface area contributed by atoms with Crippen LogP contribution in [0.25, 0.3) is 5.82 Å². The fourth-order valence-electron chi connectivity index (χ4n) is 3.03. The number of carbonyl (C=O) groups excluding carboxylic acids is 1. The van der Waals surface area contributed by atoms with E-state index in [9.17, 15) is 9.90 Å². The quantitative estimate of drug-likeness (QED) is 0.830. The normalized spacial score (nSPS) is 21.6. The second-order valence-corrected chi connectivity index (χ2v) is 5.91. The third kappa shape index (κ3) is 3.73. The molecule has 0 saturated heterocycles. The monoisotopic (exact) mass is 315 g/mol. The molecule has 3 rings (SSSR count). The van der Waals surface area contributed by atoms with E-state index < -0.39 is 0 Å². The van der Waals surface area contributed by atoms with Crippen LogP contribution in [-0.2, 0) is 0 Å². The van der Waals surface area contributed by atoms with Gasteiger partial charge in [-0.3, -0.25) is 4.79 Å². The molecule has 7 nitrogen and oxygen atoms in total. The summed E-state index contributed by atoms with van der Waals surface area (Å²) in [4.78, 5) is 20.5. The van der Waals surface area contributed by atoms with E-state index >= 15 is 0 Å². The average molecular weight is 315 g/mol. The van der Waals surface area contributed by atoms with Crippen LogP contribution in [0.5, 0.6) is 0 Å². The van der Waals surface area contributed by atoms with Crippen molar-refractivity contribution in [3.8, 4) is 5.82 Å². The lowest BCUT2D eigenvalue weighted by Gasteiger charge is -2.24. The van der Waals surface area contributed by atoms with Gasteiger partial charge in [0.05, 0.1) is 5.56 Å². The first-order valence-corrected chi connectivity index (χ1v) is 8.00. The van der Waals surface area contributed by atoms with Crippen molar-refractivity contribution in [3.63, 3.8) is 0 Å². The molecular weight excluding hydrogens is 294 g/mol. The van der Waals surface area contributed by atoms with E-state index in [1.54, 1.807) is 18.5 Å². The molecule has 0 aliphatic heterocycles. The number of aliphatic hydroxyl groups excluding tert-OH is 1. The van der Waals surface area contributed by atoms with Gasteiger partial charge in [-0.25, -0.2) is 14.6 Å². The van der Waals surface area contributed by atoms with Gasteiger partial charge >= 0.3 is 0 Å². The van der Waals surface area contributed by atoms with Crippen LogP contribution in [0.15, 0.2) is 31.0 Å². The Hall–Kier alpha value is -2.28. The van der Waals surface area contributed by atoms with Crippen LogP contribution >= 0.6 is 0 Å². The molecule has 0 bridgehead atoms. The Labute approximate surface area is 134 Å². The molecule has 0 spiro atoms. The number of nitrogens with one attached hydrogen (secondary N) is 1. The predicted octanol–water partition coefficient (Wildman–Crippen LogP) is 1.33. The Morgan fingerprint density at radius 2 is 2.17 bits per heavy atom. The van der Waals surface area contributed by atoms with Crippen molar-refractivity contribution in [2.75, 3.05) is 6.61 Å². The Balaban J connectivity index is 1.67. The summed E-state index contributed by atoms with van der Waals surface area (Å²) in [6, 6.07) is 3.49. The van der Waals surface area contributed by atoms with Crippen molar-refractivity contribution >= 4 is 5.91 Å². The van der Waals surface area contributed by atoms with Gasteiger partial charge in [-0.05, 0) is 25.0 Å². The molecule has 1 aliphatic rings. The highest BCUT2D eigenvalue weighted by atomic mass is 16.3. The smallest absolute Gasteiger partial charge is 0.253 e. The SMILES string of the molecule is O=C(NC1CCCCCC1CO)c1ccc(-n2cncn2)nc1. The van der Waals surface area contributed by atoms with Crippen molar-refractivity contribution in [3.05, 3.63) is 36.5 Å². The maximum atomic E-state index is 12.4. The van der Waals surface area contributed by atoms with Gasteiger partial charge in [0.15, 0.2) is 5.82 Å². The van der Waals surface area contributed by atoms with Crippen molar-refractivity contribution < 1.29 is 9.90 Å². The highest BCUT2D eigenvalue weighted by Gasteiger charge is 2.25. The molecule has 2 unspecified atom stereocenters. The van der Waals surface area contributed by atoms with E-state index in [-0.39, 0.29) is 24.5 Å². The Bertz CT molecular complexity index is 626. The third-order valence-electron chi connectivity index (χ3n) is 4.37. The summed E-state index contributed by atoms with van der Waals surface area (Å²) in [7, 11) is 0. The van der Waals surface area contributed by atoms with Crippen LogP contribution in [0.2, 0.25) is 0 Å². The summed E-state index contributed by atoms with van der Waals surface area (Å²) in [6.07, 6.45) is 9.78. The molecule has 122 valence electrons. The van der Waals surface area contributed by atoms with Gasteiger partial charge in [0, 0.05) is 24.8 Å². The first-order chi connectivity index (χ1) is 11.3. The molecule has 1 saturated carbocycles. The topological polar surface area (TPSA) is 92.9 Å². The number of aliphatic hydroxyl groups is 1. The molecule has 1 fully saturated rings. The van der Waals surface area contributed by atoms with Crippen molar-refractivity contribution in [1.82, 2.24) is 25.1 Å². The lowest BCUT2D eigenvalue weighted by atomic mass is 9.95. The van der Waals surface area contributed by atoms with E-state index in [1.165, 1.54) is 17.2 Å². The number of carbonyl (C=O) groups is 1. The number of rotatable bonds is 4. The molecule has 1 amide bonds. The fraction of sp³-hybridized carbons (Fsp3) is 0.500. The lowest BCUT2D eigenvalue weighted by molar-refractivity contribution is 0.0899. The predicted molar refractivity (Wildman–Crippen MR) is 84.1 cm³/mol. The van der Waals surface area contributed by atoms with Crippen LogP contribution < -0.4 is 5.32 Å². The second kappa shape index (κ2) is 7.32. The number of aromatic nitrogens is 4. The maximum Gasteiger partial charge on any atom is 0.253 e. The highest BCUT2D eigenvalue weighted by molar-refractivity contribution is 5.94. The van der Waals surface area contributed by atoms with E-state index in [0.29, 0.717) is 11.4 Å². The lowest BCUT2D eigenvalue weighted by Crippen LogP contribution is -2.41. The summed E-state index contributed by atoms with van der Waals surface area (Å²) < 4.78 is 1.54. The zero-order valence-electron chi connectivity index (χ0n) is 12.9. The minimum Gasteiger partial charge on any atom is -0.396 e. The van der Waals surface area contributed by atoms with Crippen molar-refractivity contribution in [2.24, 2.45) is 5.92 Å². The first-order valence-electron chi connectivity index (χ1n) is 8.00. The van der Waals surface area contributed by atoms with E-state index in [0.717, 1.165) is 32.1 Å². The van der Waals surface area contributed by atoms with Gasteiger partial charge in [0.1, 0.15) is 12.7 Å². The summed E-state index contributed by atoms with van der Waals surface area (Å²) in [5.41, 5.74) is 0.509. The van der Waals surface area contributed by atoms with Gasteiger partial charge in [-0.15, -0.1) is 0 Å². The second-order valence-electron chi connectivity index (χ2n) is 5.91. The molecule has 2 aromatic heterocycles. The molecular formula is C16H21N5O2. The zero-order valence-corrected chi connectivity index (χ0v) is 12.9. The third-order valence-corrected chi connectivity index (χ3v) is 4.37. The van der Waals surface area contributed by atoms with Gasteiger partial charge in [-0.1, -0.05) is 19.3 Å². The number of pyridine rings is 1. The Kier molecular flexibility index (Phi) is 4.97. The number of nitrogens with zero attached hydrogens (tertiary/aromatic N) is 4. The molecule has 2 aromatic rings. The number of hydrogen-bond acceptors (Lipinski definition) is 5. The zero-order chi connectivity index (χ0) is 16.1. The summed E-state index contributed by atoms with van der Waals surface area (Å²) in [5, 5.41) is 16.6. The minimum absolute atomic E-state index is 0.0324. The first kappa shape index (κ1) is 15.6. The highest BCUT2D eigenvalue weighted by Crippen LogP contribution is 2.23. The van der Waals surface area contributed by atoms with Gasteiger partial charge in [0.25, 0.3) is 5.91 Å². The van der Waals surface area contributed by atoms with Crippen molar-refractivity contribution in [2.45, 2.75) is 38.1 Å². The van der Waals surface area contributed by atoms with E-state index in [4.69, 9.17) is 0 Å². The van der Waals surface area contributed by atoms with E-state index in [1.807, 2.05) is 0 Å². The summed E-state index contributed by atoms with van der Waals surface area (Å²) in [5.74, 6) is 0.610. The number of hydrogen-bond donors (Lipinski definition) is 2. The molecule has 2 heterocycles. The maximum absolute atomic E-state index is 12.4. The van der Waals surface area contributed by atoms with Crippen LogP contribution in [0.4, 0.5) is 0 Å². The summed E-state index contributed by atoms with van der Waals surface area (Å²) >= 11 is 0. The molecule has 0 aromatic carbocycles. The molecule has 2 N–H and O–H groups in total. The summed E-state index contributed by atoms with van der Waals surface area (Å²) in [6.45, 7) is 0.119. The van der Waals surface area contributed by atoms with Gasteiger partial charge in [0.2, 0.25) is 0 Å². The Morgan fingerprint density at radius 1 is 1.30 bits per heavy atom. The largest absolute Gasteiger partial charge is 0.396 e. The minimum atomic E-state index is -0.145.